The molecule has 2 rings (SSSR count). The van der Waals surface area contributed by atoms with Gasteiger partial charge in [-0.2, -0.15) is 0 Å². The molecule has 0 aromatic rings. The van der Waals surface area contributed by atoms with Crippen molar-refractivity contribution in [3.8, 4) is 0 Å². The minimum absolute atomic E-state index is 0. The topological polar surface area (TPSA) is 754 Å². The fourth-order valence-corrected chi connectivity index (χ4v) is 3.95. The van der Waals surface area contributed by atoms with Gasteiger partial charge in [0.2, 0.25) is 0 Å². The molecule has 0 bridgehead atoms. The molecule has 0 atom stereocenters. The standard InChI is InChI=1S/2C12H30N6.6ClHO4.2Co/c2*1-11(13)7-15-3-5-17-9-12(2,14)10-18-6-4-16-8-11;6*2-1(3,4)5;;/h2*15-18H,3-10,13-14H2,1-2H3;6*(H,2,3,4,5);;/q;;;;;;;;2*+3/p-6. The molecule has 2 aliphatic heterocycles. The number of hydrogen-bond acceptors (Lipinski definition) is 36. The van der Waals surface area contributed by atoms with Crippen molar-refractivity contribution in [3.05, 3.63) is 0 Å². The van der Waals surface area contributed by atoms with Gasteiger partial charge in [-0.25, -0.2) is 112 Å². The predicted octanol–water partition coefficient (Wildman–Crippen LogP) is -33.0. The van der Waals surface area contributed by atoms with Crippen LogP contribution in [0.2, 0.25) is 0 Å². The van der Waals surface area contributed by atoms with E-state index >= 15 is 0 Å². The number of hydrogen-bond donors (Lipinski definition) is 12. The molecule has 0 unspecified atom stereocenters. The molecule has 2 saturated heterocycles. The van der Waals surface area contributed by atoms with Gasteiger partial charge in [0.25, 0.3) is 0 Å². The van der Waals surface area contributed by atoms with E-state index in [1.807, 2.05) is 0 Å². The molecule has 16 N–H and O–H groups in total. The summed E-state index contributed by atoms with van der Waals surface area (Å²) in [5.74, 6) is 0. The first-order valence-corrected chi connectivity index (χ1v) is 24.7. The number of halogens is 6. The third kappa shape index (κ3) is 144. The molecule has 0 aromatic heterocycles. The van der Waals surface area contributed by atoms with E-state index in [4.69, 9.17) is 135 Å². The van der Waals surface area contributed by atoms with E-state index in [2.05, 4.69) is 70.2 Å². The van der Waals surface area contributed by atoms with Crippen LogP contribution < -0.4 is 177 Å². The van der Waals surface area contributed by atoms with Crippen molar-refractivity contribution in [1.29, 1.82) is 0 Å². The van der Waals surface area contributed by atoms with E-state index in [0.717, 1.165) is 105 Å². The summed E-state index contributed by atoms with van der Waals surface area (Å²) in [6, 6.07) is 0. The van der Waals surface area contributed by atoms with E-state index in [-0.39, 0.29) is 55.7 Å². The number of nitrogens with one attached hydrogen (secondary N) is 8. The monoisotopic (exact) mass is 1230 g/mol. The van der Waals surface area contributed by atoms with Crippen LogP contribution in [0.25, 0.3) is 0 Å². The van der Waals surface area contributed by atoms with Crippen molar-refractivity contribution in [2.45, 2.75) is 49.9 Å². The maximum atomic E-state index is 8.49. The van der Waals surface area contributed by atoms with Gasteiger partial charge in [0, 0.05) is 127 Å². The zero-order valence-electron chi connectivity index (χ0n) is 36.4. The molecular weight excluding hydrogens is 1170 g/mol. The Kier molecular flexibility index (Phi) is 53.8. The summed E-state index contributed by atoms with van der Waals surface area (Å²) in [4.78, 5) is 0. The van der Waals surface area contributed by atoms with Gasteiger partial charge in [-0.05, 0) is 27.7 Å². The minimum atomic E-state index is -4.94. The first-order valence-electron chi connectivity index (χ1n) is 17.3. The van der Waals surface area contributed by atoms with E-state index < -0.39 is 61.5 Å². The molecule has 0 aromatic carbocycles. The molecule has 68 heavy (non-hydrogen) atoms. The quantitative estimate of drug-likeness (QED) is 0.107. The third-order valence-electron chi connectivity index (χ3n) is 6.14. The summed E-state index contributed by atoms with van der Waals surface area (Å²) >= 11 is 0. The summed E-state index contributed by atoms with van der Waals surface area (Å²) in [5, 5.41) is 27.0. The van der Waals surface area contributed by atoms with Gasteiger partial charge in [-0.3, -0.25) is 0 Å². The van der Waals surface area contributed by atoms with Gasteiger partial charge in [0.1, 0.15) is 0 Å². The summed E-state index contributed by atoms with van der Waals surface area (Å²) in [7, 11) is -29.7. The molecule has 0 aliphatic carbocycles. The zero-order valence-corrected chi connectivity index (χ0v) is 43.0. The largest absolute Gasteiger partial charge is 3.00 e. The van der Waals surface area contributed by atoms with Crippen LogP contribution in [0.3, 0.4) is 0 Å². The normalized spacial score (nSPS) is 25.4. The van der Waals surface area contributed by atoms with Gasteiger partial charge < -0.3 is 65.5 Å². The summed E-state index contributed by atoms with van der Waals surface area (Å²) in [6.07, 6.45) is 0. The Morgan fingerprint density at radius 3 is 0.353 bits per heavy atom. The predicted molar refractivity (Wildman–Crippen MR) is 153 cm³/mol. The Hall–Kier alpha value is 1.31. The van der Waals surface area contributed by atoms with E-state index in [1.165, 1.54) is 0 Å². The maximum absolute atomic E-state index is 8.49. The first-order chi connectivity index (χ1) is 28.8. The minimum Gasteiger partial charge on any atom is -0.323 e. The van der Waals surface area contributed by atoms with Crippen molar-refractivity contribution >= 4 is 0 Å². The molecule has 2 heterocycles. The third-order valence-corrected chi connectivity index (χ3v) is 6.14. The van der Waals surface area contributed by atoms with Crippen LogP contribution in [0.15, 0.2) is 0 Å². The van der Waals surface area contributed by atoms with E-state index in [9.17, 15) is 0 Å². The maximum Gasteiger partial charge on any atom is 3.00 e. The van der Waals surface area contributed by atoms with Gasteiger partial charge in [-0.15, -0.1) is 61.5 Å². The Bertz CT molecular complexity index is 869. The summed E-state index contributed by atoms with van der Waals surface area (Å²) in [6.45, 7) is 22.1. The molecule has 44 heteroatoms. The van der Waals surface area contributed by atoms with Crippen LogP contribution in [-0.2, 0) is 33.6 Å². The fraction of sp³-hybridized carbons (Fsp3) is 1.00. The van der Waals surface area contributed by atoms with Crippen LogP contribution in [0.5, 0.6) is 0 Å². The second-order valence-electron chi connectivity index (χ2n) is 14.3. The zero-order chi connectivity index (χ0) is 54.0. The molecule has 420 valence electrons. The van der Waals surface area contributed by atoms with Crippen LogP contribution in [0.4, 0.5) is 0 Å². The van der Waals surface area contributed by atoms with Crippen molar-refractivity contribution in [3.63, 3.8) is 0 Å². The van der Waals surface area contributed by atoms with Gasteiger partial charge in [0.15, 0.2) is 0 Å². The number of nitrogens with two attached hydrogens (primary N) is 4. The van der Waals surface area contributed by atoms with Gasteiger partial charge in [-0.1, -0.05) is 0 Å². The molecule has 2 fully saturated rings. The SMILES string of the molecule is CC1(N)CNCCNCC(C)(N)CNCCNC1.CC1(N)CNCCNCC(C)(N)CNCCNC1.[Co+3].[Co+3].[O-][Cl+3]([O-])([O-])[O-].[O-][Cl+3]([O-])([O-])[O-].[O-][Cl+3]([O-])([O-])[O-].[O-][Cl+3]([O-])([O-])[O-].[O-][Cl+3]([O-])([O-])[O-].[O-][Cl+3]([O-])([O-])[O-]. The number of rotatable bonds is 0. The Morgan fingerprint density at radius 2 is 0.294 bits per heavy atom. The van der Waals surface area contributed by atoms with Gasteiger partial charge in [0.05, 0.1) is 0 Å². The Balaban J connectivity index is -0.000000110. The average Bonchev–Trinajstić information content (AvgIpc) is 2.99. The molecule has 36 nitrogen and oxygen atoms in total. The summed E-state index contributed by atoms with van der Waals surface area (Å²) in [5.41, 5.74) is 23.9. The average molecular weight is 1230 g/mol. The second-order valence-corrected chi connectivity index (χ2v) is 18.8. The first kappa shape index (κ1) is 86.0. The van der Waals surface area contributed by atoms with Crippen molar-refractivity contribution < 1.29 is 207 Å². The van der Waals surface area contributed by atoms with Crippen molar-refractivity contribution in [1.82, 2.24) is 42.5 Å². The van der Waals surface area contributed by atoms with Crippen LogP contribution in [-0.4, -0.2) is 127 Å². The Morgan fingerprint density at radius 1 is 0.235 bits per heavy atom. The fourth-order valence-electron chi connectivity index (χ4n) is 3.95. The van der Waals surface area contributed by atoms with Crippen molar-refractivity contribution in [2.75, 3.05) is 105 Å². The molecule has 0 spiro atoms. The van der Waals surface area contributed by atoms with Crippen LogP contribution >= 0.6 is 0 Å². The molecule has 2 aliphatic rings. The molecule has 0 saturated carbocycles. The van der Waals surface area contributed by atoms with Crippen molar-refractivity contribution in [2.24, 2.45) is 22.9 Å². The van der Waals surface area contributed by atoms with Crippen LogP contribution in [0, 0.1) is 61.5 Å². The Labute approximate surface area is 424 Å². The smallest absolute Gasteiger partial charge is 0.323 e. The van der Waals surface area contributed by atoms with Crippen LogP contribution in [0.1, 0.15) is 27.7 Å². The molecule has 0 radical (unpaired) electrons. The summed E-state index contributed by atoms with van der Waals surface area (Å²) < 4.78 is 204. The molecular formula is C24H60Cl6Co2N12O24. The molecule has 0 amide bonds. The van der Waals surface area contributed by atoms with Gasteiger partial charge >= 0.3 is 33.6 Å². The van der Waals surface area contributed by atoms with E-state index in [0.29, 0.717) is 0 Å². The second kappa shape index (κ2) is 42.5. The van der Waals surface area contributed by atoms with E-state index in [1.54, 1.807) is 0 Å².